The molecule has 1 unspecified atom stereocenters. The molecule has 11 heteroatoms. The molecule has 0 aliphatic carbocycles. The van der Waals surface area contributed by atoms with Crippen LogP contribution in [0.15, 0.2) is 65.7 Å². The van der Waals surface area contributed by atoms with Crippen LogP contribution in [0.5, 0.6) is 0 Å². The van der Waals surface area contributed by atoms with Crippen molar-refractivity contribution >= 4 is 56.5 Å². The minimum atomic E-state index is -3.44. The number of urea groups is 1. The van der Waals surface area contributed by atoms with E-state index in [0.29, 0.717) is 47.0 Å². The predicted octanol–water partition coefficient (Wildman–Crippen LogP) is 5.09. The van der Waals surface area contributed by atoms with Gasteiger partial charge in [-0.2, -0.15) is 0 Å². The highest BCUT2D eigenvalue weighted by molar-refractivity contribution is 7.90. The first-order chi connectivity index (χ1) is 16.6. The molecule has 2 aromatic carbocycles. The fourth-order valence-electron chi connectivity index (χ4n) is 3.94. The maximum absolute atomic E-state index is 13.0. The lowest BCUT2D eigenvalue weighted by atomic mass is 10.1. The number of aromatic nitrogens is 1. The first kappa shape index (κ1) is 25.0. The van der Waals surface area contributed by atoms with E-state index in [0.717, 1.165) is 6.26 Å². The van der Waals surface area contributed by atoms with Crippen LogP contribution in [0.25, 0.3) is 11.1 Å². The molecule has 3 amide bonds. The van der Waals surface area contributed by atoms with Gasteiger partial charge in [-0.1, -0.05) is 47.5 Å². The zero-order valence-electron chi connectivity index (χ0n) is 18.7. The predicted molar refractivity (Wildman–Crippen MR) is 137 cm³/mol. The Balaban J connectivity index is 1.49. The number of carbonyl (C=O) groups excluding carboxylic acids is 2. The zero-order chi connectivity index (χ0) is 25.2. The average molecular weight is 533 g/mol. The van der Waals surface area contributed by atoms with Crippen molar-refractivity contribution in [3.05, 3.63) is 70.8 Å². The Labute approximate surface area is 213 Å². The van der Waals surface area contributed by atoms with Gasteiger partial charge in [-0.05, 0) is 48.7 Å². The highest BCUT2D eigenvalue weighted by Crippen LogP contribution is 2.33. The number of pyridine rings is 1. The van der Waals surface area contributed by atoms with Gasteiger partial charge in [-0.15, -0.1) is 0 Å². The summed E-state index contributed by atoms with van der Waals surface area (Å²) in [5.41, 5.74) is 1.49. The SMILES string of the molecule is CS(=O)(=O)c1ccccc1-c1ccc(NC(=O)C2CCCN2C(=O)Nc2ccc(Cl)cn2)c(Cl)c1. The van der Waals surface area contributed by atoms with Crippen LogP contribution in [0, 0.1) is 0 Å². The Morgan fingerprint density at radius 2 is 1.83 bits per heavy atom. The van der Waals surface area contributed by atoms with Crippen molar-refractivity contribution in [2.24, 2.45) is 0 Å². The van der Waals surface area contributed by atoms with Crippen LogP contribution >= 0.6 is 23.2 Å². The molecule has 0 bridgehead atoms. The second-order valence-electron chi connectivity index (χ2n) is 8.10. The summed E-state index contributed by atoms with van der Waals surface area (Å²) in [4.78, 5) is 31.4. The second-order valence-corrected chi connectivity index (χ2v) is 10.9. The lowest BCUT2D eigenvalue weighted by Gasteiger charge is -2.24. The number of nitrogens with one attached hydrogen (secondary N) is 2. The van der Waals surface area contributed by atoms with Crippen LogP contribution in [0.1, 0.15) is 12.8 Å². The molecule has 1 aliphatic heterocycles. The maximum atomic E-state index is 13.0. The van der Waals surface area contributed by atoms with E-state index in [1.807, 2.05) is 0 Å². The topological polar surface area (TPSA) is 108 Å². The summed E-state index contributed by atoms with van der Waals surface area (Å²) in [7, 11) is -3.44. The van der Waals surface area contributed by atoms with E-state index in [-0.39, 0.29) is 15.8 Å². The summed E-state index contributed by atoms with van der Waals surface area (Å²) in [5, 5.41) is 6.16. The number of likely N-dealkylation sites (tertiary alicyclic amines) is 1. The summed E-state index contributed by atoms with van der Waals surface area (Å²) in [6.07, 6.45) is 3.75. The molecule has 4 rings (SSSR count). The lowest BCUT2D eigenvalue weighted by molar-refractivity contribution is -0.119. The number of sulfone groups is 1. The van der Waals surface area contributed by atoms with Gasteiger partial charge < -0.3 is 10.2 Å². The monoisotopic (exact) mass is 532 g/mol. The van der Waals surface area contributed by atoms with Crippen LogP contribution in [-0.2, 0) is 14.6 Å². The molecule has 0 saturated carbocycles. The number of benzene rings is 2. The summed E-state index contributed by atoms with van der Waals surface area (Å²) >= 11 is 12.3. The molecule has 0 spiro atoms. The third kappa shape index (κ3) is 5.75. The third-order valence-corrected chi connectivity index (χ3v) is 7.29. The molecule has 2 N–H and O–H groups in total. The van der Waals surface area contributed by atoms with Crippen molar-refractivity contribution in [3.63, 3.8) is 0 Å². The summed E-state index contributed by atoms with van der Waals surface area (Å²) in [5.74, 6) is -0.0358. The number of nitrogens with zero attached hydrogens (tertiary/aromatic N) is 2. The van der Waals surface area contributed by atoms with Crippen molar-refractivity contribution in [1.29, 1.82) is 0 Å². The molecule has 1 fully saturated rings. The zero-order valence-corrected chi connectivity index (χ0v) is 21.0. The van der Waals surface area contributed by atoms with E-state index in [1.54, 1.807) is 48.5 Å². The molecule has 35 heavy (non-hydrogen) atoms. The van der Waals surface area contributed by atoms with Gasteiger partial charge in [-0.3, -0.25) is 10.1 Å². The Morgan fingerprint density at radius 1 is 1.06 bits per heavy atom. The van der Waals surface area contributed by atoms with Gasteiger partial charge in [0.1, 0.15) is 11.9 Å². The van der Waals surface area contributed by atoms with E-state index in [9.17, 15) is 18.0 Å². The fourth-order valence-corrected chi connectivity index (χ4v) is 5.19. The Morgan fingerprint density at radius 3 is 2.51 bits per heavy atom. The molecule has 182 valence electrons. The smallest absolute Gasteiger partial charge is 0.323 e. The maximum Gasteiger partial charge on any atom is 0.323 e. The molecule has 0 radical (unpaired) electrons. The number of halogens is 2. The first-order valence-electron chi connectivity index (χ1n) is 10.7. The first-order valence-corrected chi connectivity index (χ1v) is 13.4. The summed E-state index contributed by atoms with van der Waals surface area (Å²) < 4.78 is 24.3. The van der Waals surface area contributed by atoms with E-state index in [1.165, 1.54) is 17.2 Å². The van der Waals surface area contributed by atoms with Gasteiger partial charge in [-0.25, -0.2) is 18.2 Å². The van der Waals surface area contributed by atoms with Crippen molar-refractivity contribution in [3.8, 4) is 11.1 Å². The molecule has 1 saturated heterocycles. The molecule has 2 heterocycles. The van der Waals surface area contributed by atoms with E-state index >= 15 is 0 Å². The van der Waals surface area contributed by atoms with Gasteiger partial charge in [0.2, 0.25) is 5.91 Å². The largest absolute Gasteiger partial charge is 0.323 e. The third-order valence-electron chi connectivity index (χ3n) is 5.60. The van der Waals surface area contributed by atoms with Crippen LogP contribution in [-0.4, -0.2) is 49.1 Å². The minimum Gasteiger partial charge on any atom is -0.323 e. The van der Waals surface area contributed by atoms with Gasteiger partial charge in [0.15, 0.2) is 9.84 Å². The molecule has 1 aliphatic rings. The fraction of sp³-hybridized carbons (Fsp3) is 0.208. The normalized spacial score (nSPS) is 15.6. The number of rotatable bonds is 5. The Bertz CT molecular complexity index is 1380. The Kier molecular flexibility index (Phi) is 7.30. The molecule has 3 aromatic rings. The average Bonchev–Trinajstić information content (AvgIpc) is 3.32. The van der Waals surface area contributed by atoms with Crippen molar-refractivity contribution in [2.75, 3.05) is 23.4 Å². The van der Waals surface area contributed by atoms with Crippen molar-refractivity contribution < 1.29 is 18.0 Å². The summed E-state index contributed by atoms with van der Waals surface area (Å²) in [6, 6.07) is 13.6. The lowest BCUT2D eigenvalue weighted by Crippen LogP contribution is -2.45. The van der Waals surface area contributed by atoms with Crippen molar-refractivity contribution in [1.82, 2.24) is 9.88 Å². The van der Waals surface area contributed by atoms with Crippen LogP contribution in [0.3, 0.4) is 0 Å². The summed E-state index contributed by atoms with van der Waals surface area (Å²) in [6.45, 7) is 0.423. The number of carbonyl (C=O) groups is 2. The van der Waals surface area contributed by atoms with Crippen molar-refractivity contribution in [2.45, 2.75) is 23.8 Å². The van der Waals surface area contributed by atoms with Crippen LogP contribution < -0.4 is 10.6 Å². The highest BCUT2D eigenvalue weighted by atomic mass is 35.5. The number of hydrogen-bond acceptors (Lipinski definition) is 5. The molecular formula is C24H22Cl2N4O4S. The van der Waals surface area contributed by atoms with Crippen LogP contribution in [0.4, 0.5) is 16.3 Å². The molecule has 1 atom stereocenters. The van der Waals surface area contributed by atoms with Crippen LogP contribution in [0.2, 0.25) is 10.0 Å². The van der Waals surface area contributed by atoms with E-state index in [4.69, 9.17) is 23.2 Å². The number of anilines is 2. The van der Waals surface area contributed by atoms with Gasteiger partial charge >= 0.3 is 6.03 Å². The Hall–Kier alpha value is -3.14. The molecule has 1 aromatic heterocycles. The quantitative estimate of drug-likeness (QED) is 0.475. The van der Waals surface area contributed by atoms with E-state index in [2.05, 4.69) is 15.6 Å². The van der Waals surface area contributed by atoms with Gasteiger partial charge in [0.25, 0.3) is 0 Å². The molecular weight excluding hydrogens is 511 g/mol. The minimum absolute atomic E-state index is 0.190. The number of amides is 3. The van der Waals surface area contributed by atoms with Gasteiger partial charge in [0, 0.05) is 24.6 Å². The van der Waals surface area contributed by atoms with Gasteiger partial charge in [0.05, 0.1) is 20.6 Å². The second kappa shape index (κ2) is 10.2. The molecule has 8 nitrogen and oxygen atoms in total. The van der Waals surface area contributed by atoms with E-state index < -0.39 is 21.9 Å². The number of hydrogen-bond donors (Lipinski definition) is 2. The standard InChI is InChI=1S/C24H22Cl2N4O4S/c1-35(33,34)21-7-3-2-5-17(21)15-8-10-19(18(26)13-15)28-23(31)20-6-4-12-30(20)24(32)29-22-11-9-16(25)14-27-22/h2-3,5,7-11,13-14,20H,4,6,12H2,1H3,(H,28,31)(H,27,29,32). The highest BCUT2D eigenvalue weighted by Gasteiger charge is 2.34.